The van der Waals surface area contributed by atoms with Gasteiger partial charge in [-0.2, -0.15) is 0 Å². The summed E-state index contributed by atoms with van der Waals surface area (Å²) in [5.74, 6) is -0.0425. The summed E-state index contributed by atoms with van der Waals surface area (Å²) < 4.78 is 13.5. The van der Waals surface area contributed by atoms with E-state index in [0.717, 1.165) is 73.2 Å². The zero-order chi connectivity index (χ0) is 22.4. The number of benzene rings is 1. The average molecular weight is 468 g/mol. The summed E-state index contributed by atoms with van der Waals surface area (Å²) in [4.78, 5) is 23.1. The molecular formula is C24H29N5O3S. The number of carbonyl (C=O) groups excluding carboxylic acids is 1. The second-order valence-corrected chi connectivity index (χ2v) is 10.2. The van der Waals surface area contributed by atoms with E-state index in [1.165, 1.54) is 5.56 Å². The van der Waals surface area contributed by atoms with Gasteiger partial charge in [0, 0.05) is 50.5 Å². The van der Waals surface area contributed by atoms with Crippen molar-refractivity contribution in [2.24, 2.45) is 5.92 Å². The van der Waals surface area contributed by atoms with Crippen molar-refractivity contribution in [2.75, 3.05) is 44.3 Å². The van der Waals surface area contributed by atoms with Crippen molar-refractivity contribution in [3.8, 4) is 11.3 Å². The van der Waals surface area contributed by atoms with Gasteiger partial charge in [0.2, 0.25) is 16.0 Å². The molecule has 1 spiro atoms. The molecule has 0 aliphatic carbocycles. The molecule has 9 heteroatoms. The van der Waals surface area contributed by atoms with Gasteiger partial charge in [-0.15, -0.1) is 5.10 Å². The van der Waals surface area contributed by atoms with Crippen molar-refractivity contribution in [1.82, 2.24) is 19.5 Å². The Morgan fingerprint density at radius 3 is 2.42 bits per heavy atom. The third-order valence-electron chi connectivity index (χ3n) is 7.15. The number of likely N-dealkylation sites (tertiary alicyclic amines) is 1. The van der Waals surface area contributed by atoms with E-state index in [-0.39, 0.29) is 5.92 Å². The highest BCUT2D eigenvalue weighted by atomic mass is 32.1. The fraction of sp³-hybridized carbons (Fsp3) is 0.542. The van der Waals surface area contributed by atoms with Gasteiger partial charge in [0.15, 0.2) is 5.79 Å². The zero-order valence-electron chi connectivity index (χ0n) is 18.9. The lowest BCUT2D eigenvalue weighted by Gasteiger charge is -2.40. The number of hydrogen-bond acceptors (Lipinski definition) is 7. The van der Waals surface area contributed by atoms with Gasteiger partial charge in [0.1, 0.15) is 0 Å². The SMILES string of the molecule is Cc1ccc(-c2cn3nc(N4CCC(C(=O)N5CCC6(CC5)OCCO6)CC4)sc3n2)cc1. The van der Waals surface area contributed by atoms with Crippen molar-refractivity contribution >= 4 is 27.3 Å². The normalized spacial score (nSPS) is 21.4. The molecule has 0 unspecified atom stereocenters. The van der Waals surface area contributed by atoms with Crippen LogP contribution in [0.5, 0.6) is 0 Å². The van der Waals surface area contributed by atoms with E-state index in [0.29, 0.717) is 19.1 Å². The topological polar surface area (TPSA) is 72.2 Å². The van der Waals surface area contributed by atoms with Gasteiger partial charge in [0.25, 0.3) is 0 Å². The molecular weight excluding hydrogens is 438 g/mol. The van der Waals surface area contributed by atoms with E-state index in [2.05, 4.69) is 36.1 Å². The number of aryl methyl sites for hydroxylation is 1. The standard InChI is InChI=1S/C24H29N5O3S/c1-17-2-4-18(5-3-17)20-16-29-22(25-20)33-23(26-29)28-10-6-19(7-11-28)21(30)27-12-8-24(9-13-27)31-14-15-32-24/h2-5,16,19H,6-15H2,1H3. The Bertz CT molecular complexity index is 1100. The van der Waals surface area contributed by atoms with E-state index in [1.54, 1.807) is 11.3 Å². The Morgan fingerprint density at radius 2 is 1.76 bits per heavy atom. The fourth-order valence-corrected chi connectivity index (χ4v) is 6.05. The Morgan fingerprint density at radius 1 is 1.06 bits per heavy atom. The first-order valence-corrected chi connectivity index (χ1v) is 12.7. The van der Waals surface area contributed by atoms with Crippen LogP contribution in [0.15, 0.2) is 30.5 Å². The number of rotatable bonds is 3. The van der Waals surface area contributed by atoms with Crippen LogP contribution in [0.3, 0.4) is 0 Å². The number of ether oxygens (including phenoxy) is 2. The highest BCUT2D eigenvalue weighted by molar-refractivity contribution is 7.20. The van der Waals surface area contributed by atoms with E-state index >= 15 is 0 Å². The van der Waals surface area contributed by atoms with E-state index in [1.807, 2.05) is 15.6 Å². The number of anilines is 1. The molecule has 2 aromatic heterocycles. The Balaban J connectivity index is 1.06. The Kier molecular flexibility index (Phi) is 5.35. The molecule has 8 nitrogen and oxygen atoms in total. The molecule has 3 fully saturated rings. The predicted molar refractivity (Wildman–Crippen MR) is 126 cm³/mol. The highest BCUT2D eigenvalue weighted by Crippen LogP contribution is 2.34. The summed E-state index contributed by atoms with van der Waals surface area (Å²) in [5, 5.41) is 5.76. The molecule has 0 bridgehead atoms. The quantitative estimate of drug-likeness (QED) is 0.588. The number of fused-ring (bicyclic) bond motifs is 1. The van der Waals surface area contributed by atoms with Gasteiger partial charge in [-0.3, -0.25) is 4.79 Å². The maximum Gasteiger partial charge on any atom is 0.225 e. The summed E-state index contributed by atoms with van der Waals surface area (Å²) >= 11 is 1.61. The maximum atomic E-state index is 13.1. The lowest BCUT2D eigenvalue weighted by Crippen LogP contribution is -2.50. The maximum absolute atomic E-state index is 13.1. The molecule has 1 amide bonds. The van der Waals surface area contributed by atoms with Crippen molar-refractivity contribution in [3.05, 3.63) is 36.0 Å². The van der Waals surface area contributed by atoms with E-state index < -0.39 is 5.79 Å². The lowest BCUT2D eigenvalue weighted by molar-refractivity contribution is -0.188. The largest absolute Gasteiger partial charge is 0.347 e. The summed E-state index contributed by atoms with van der Waals surface area (Å²) in [5.41, 5.74) is 3.29. The number of carbonyl (C=O) groups is 1. The van der Waals surface area contributed by atoms with Gasteiger partial charge in [-0.05, 0) is 19.8 Å². The smallest absolute Gasteiger partial charge is 0.225 e. The van der Waals surface area contributed by atoms with Crippen molar-refractivity contribution in [3.63, 3.8) is 0 Å². The number of hydrogen-bond donors (Lipinski definition) is 0. The molecule has 3 aromatic rings. The molecule has 3 saturated heterocycles. The van der Waals surface area contributed by atoms with Crippen molar-refractivity contribution in [2.45, 2.75) is 38.4 Å². The van der Waals surface area contributed by atoms with Crippen LogP contribution in [-0.4, -0.2) is 70.6 Å². The molecule has 5 heterocycles. The molecule has 6 rings (SSSR count). The molecule has 3 aliphatic heterocycles. The van der Waals surface area contributed by atoms with Crippen LogP contribution in [0.1, 0.15) is 31.2 Å². The molecule has 3 aliphatic rings. The summed E-state index contributed by atoms with van der Waals surface area (Å²) in [6.45, 7) is 6.58. The van der Waals surface area contributed by atoms with Crippen LogP contribution in [0.25, 0.3) is 16.2 Å². The number of imidazole rings is 1. The molecule has 0 saturated carbocycles. The lowest BCUT2D eigenvalue weighted by atomic mass is 9.94. The second-order valence-electron chi connectivity index (χ2n) is 9.30. The molecule has 0 N–H and O–H groups in total. The monoisotopic (exact) mass is 467 g/mol. The van der Waals surface area contributed by atoms with Gasteiger partial charge < -0.3 is 19.3 Å². The predicted octanol–water partition coefficient (Wildman–Crippen LogP) is 3.35. The Labute approximate surface area is 197 Å². The second kappa shape index (κ2) is 8.38. The minimum atomic E-state index is -0.429. The van der Waals surface area contributed by atoms with E-state index in [4.69, 9.17) is 19.6 Å². The first-order chi connectivity index (χ1) is 16.1. The first-order valence-electron chi connectivity index (χ1n) is 11.8. The molecule has 0 atom stereocenters. The minimum absolute atomic E-state index is 0.0953. The highest BCUT2D eigenvalue weighted by Gasteiger charge is 2.42. The Hall–Kier alpha value is -2.49. The molecule has 174 valence electrons. The third-order valence-corrected chi connectivity index (χ3v) is 8.13. The number of piperidine rings is 2. The van der Waals surface area contributed by atoms with Gasteiger partial charge >= 0.3 is 0 Å². The number of nitrogens with zero attached hydrogens (tertiary/aromatic N) is 5. The zero-order valence-corrected chi connectivity index (χ0v) is 19.7. The summed E-state index contributed by atoms with van der Waals surface area (Å²) in [7, 11) is 0. The van der Waals surface area contributed by atoms with Crippen LogP contribution >= 0.6 is 11.3 Å². The van der Waals surface area contributed by atoms with E-state index in [9.17, 15) is 4.79 Å². The van der Waals surface area contributed by atoms with Gasteiger partial charge in [-0.25, -0.2) is 9.50 Å². The molecule has 1 aromatic carbocycles. The number of amides is 1. The first kappa shape index (κ1) is 21.1. The molecule has 33 heavy (non-hydrogen) atoms. The average Bonchev–Trinajstić information content (AvgIpc) is 3.56. The fourth-order valence-electron chi connectivity index (χ4n) is 5.11. The minimum Gasteiger partial charge on any atom is -0.347 e. The van der Waals surface area contributed by atoms with Crippen LogP contribution in [0.2, 0.25) is 0 Å². The number of aromatic nitrogens is 3. The van der Waals surface area contributed by atoms with Crippen LogP contribution < -0.4 is 4.90 Å². The summed E-state index contributed by atoms with van der Waals surface area (Å²) in [6.07, 6.45) is 5.29. The van der Waals surface area contributed by atoms with Gasteiger partial charge in [-0.1, -0.05) is 41.2 Å². The third kappa shape index (κ3) is 4.02. The van der Waals surface area contributed by atoms with Crippen molar-refractivity contribution in [1.29, 1.82) is 0 Å². The molecule has 0 radical (unpaired) electrons. The summed E-state index contributed by atoms with van der Waals surface area (Å²) in [6, 6.07) is 8.40. The van der Waals surface area contributed by atoms with Crippen LogP contribution in [0, 0.1) is 12.8 Å². The van der Waals surface area contributed by atoms with Gasteiger partial charge in [0.05, 0.1) is 25.1 Å². The van der Waals surface area contributed by atoms with Crippen LogP contribution in [-0.2, 0) is 14.3 Å². The van der Waals surface area contributed by atoms with Crippen molar-refractivity contribution < 1.29 is 14.3 Å². The van der Waals surface area contributed by atoms with Crippen LogP contribution in [0.4, 0.5) is 5.13 Å².